The number of Topliss-reactive ketones (excluding diaryl/α,β-unsaturated/α-hetero) is 1. The second-order valence-corrected chi connectivity index (χ2v) is 13.2. The molecule has 0 amide bonds. The number of aliphatic hydroxyl groups is 9. The monoisotopic (exact) mass is 758 g/mol. The summed E-state index contributed by atoms with van der Waals surface area (Å²) >= 11 is 0. The highest BCUT2D eigenvalue weighted by molar-refractivity contribution is 6.05. The van der Waals surface area contributed by atoms with Gasteiger partial charge in [-0.15, -0.1) is 0 Å². The molecule has 17 atom stereocenters. The van der Waals surface area contributed by atoms with Crippen molar-refractivity contribution < 1.29 is 99.2 Å². The summed E-state index contributed by atoms with van der Waals surface area (Å²) in [5.74, 6) is -2.43. The summed E-state index contributed by atoms with van der Waals surface area (Å²) < 4.78 is 40.3. The number of aromatic hydroxyl groups is 3. The summed E-state index contributed by atoms with van der Waals surface area (Å²) in [6, 6.07) is 7.29. The standard InChI is InChI=1S/C33H42O20/c1-10-19(38)23(42)26(45)31(48-10)47-9-17-21(40)25(44)30(53-32-27(46)24(43)20(39)16(8-34)50-32)33(51-17)52-29-22(41)18-14(37)6-13(36)7-15(18)49-28(29)11-2-4-12(35)5-3-11/h2-7,10,16-17,19-21,23-40,42-46H,8-9H2,1H3/t10-,16+,17+,19-,20+,21+,23+,24+,25-,26+,27-,28?,29?,30+,31-,32-,33-/m0/s1. The highest BCUT2D eigenvalue weighted by Crippen LogP contribution is 2.44. The normalized spacial score (nSPS) is 41.8. The first kappa shape index (κ1) is 39.4. The van der Waals surface area contributed by atoms with Gasteiger partial charge in [-0.05, 0) is 24.6 Å². The summed E-state index contributed by atoms with van der Waals surface area (Å²) in [4.78, 5) is 14.1. The van der Waals surface area contributed by atoms with E-state index in [1.807, 2.05) is 0 Å². The lowest BCUT2D eigenvalue weighted by Gasteiger charge is -2.47. The van der Waals surface area contributed by atoms with E-state index in [0.717, 1.165) is 12.1 Å². The minimum Gasteiger partial charge on any atom is -0.508 e. The molecule has 0 aliphatic carbocycles. The van der Waals surface area contributed by atoms with Crippen LogP contribution in [0.3, 0.4) is 0 Å². The van der Waals surface area contributed by atoms with E-state index < -0.39 is 140 Å². The zero-order valence-electron chi connectivity index (χ0n) is 27.8. The largest absolute Gasteiger partial charge is 0.508 e. The molecular weight excluding hydrogens is 716 g/mol. The molecule has 2 aromatic rings. The summed E-state index contributed by atoms with van der Waals surface area (Å²) in [6.45, 7) is -0.111. The van der Waals surface area contributed by atoms with Crippen LogP contribution in [-0.2, 0) is 28.4 Å². The van der Waals surface area contributed by atoms with Crippen molar-refractivity contribution in [3.05, 3.63) is 47.5 Å². The molecule has 0 saturated carbocycles. The molecule has 53 heavy (non-hydrogen) atoms. The first-order chi connectivity index (χ1) is 25.1. The predicted octanol–water partition coefficient (Wildman–Crippen LogP) is -4.02. The molecule has 0 aromatic heterocycles. The molecule has 294 valence electrons. The maximum atomic E-state index is 14.1. The van der Waals surface area contributed by atoms with E-state index >= 15 is 0 Å². The third kappa shape index (κ3) is 7.67. The van der Waals surface area contributed by atoms with Crippen LogP contribution in [0.5, 0.6) is 23.0 Å². The van der Waals surface area contributed by atoms with Gasteiger partial charge in [0, 0.05) is 12.1 Å². The molecular formula is C33H42O20. The molecule has 4 aliphatic heterocycles. The molecule has 20 heteroatoms. The maximum absolute atomic E-state index is 14.1. The van der Waals surface area contributed by atoms with Gasteiger partial charge in [-0.1, -0.05) is 12.1 Å². The van der Waals surface area contributed by atoms with Crippen molar-refractivity contribution in [2.24, 2.45) is 0 Å². The van der Waals surface area contributed by atoms with Crippen molar-refractivity contribution in [1.82, 2.24) is 0 Å². The Hall–Kier alpha value is -3.29. The van der Waals surface area contributed by atoms with Gasteiger partial charge in [-0.2, -0.15) is 0 Å². The minimum absolute atomic E-state index is 0.143. The van der Waals surface area contributed by atoms with Crippen LogP contribution >= 0.6 is 0 Å². The van der Waals surface area contributed by atoms with E-state index in [2.05, 4.69) is 0 Å². The average Bonchev–Trinajstić information content (AvgIpc) is 3.12. The molecule has 3 saturated heterocycles. The van der Waals surface area contributed by atoms with Gasteiger partial charge >= 0.3 is 0 Å². The highest BCUT2D eigenvalue weighted by atomic mass is 16.8. The minimum atomic E-state index is -2.04. The first-order valence-electron chi connectivity index (χ1n) is 16.6. The van der Waals surface area contributed by atoms with E-state index in [0.29, 0.717) is 0 Å². The molecule has 2 aromatic carbocycles. The van der Waals surface area contributed by atoms with Gasteiger partial charge in [0.25, 0.3) is 0 Å². The number of carbonyl (C=O) groups excluding carboxylic acids is 1. The van der Waals surface area contributed by atoms with Crippen LogP contribution in [0.15, 0.2) is 36.4 Å². The topological polar surface area (TPSA) is 324 Å². The van der Waals surface area contributed by atoms with E-state index in [4.69, 9.17) is 33.2 Å². The summed E-state index contributed by atoms with van der Waals surface area (Å²) in [7, 11) is 0. The van der Waals surface area contributed by atoms with Gasteiger partial charge in [0.2, 0.25) is 5.78 Å². The molecule has 0 radical (unpaired) electrons. The van der Waals surface area contributed by atoms with Gasteiger partial charge < -0.3 is 94.4 Å². The molecule has 3 fully saturated rings. The van der Waals surface area contributed by atoms with E-state index in [-0.39, 0.29) is 17.1 Å². The Morgan fingerprint density at radius 3 is 1.96 bits per heavy atom. The van der Waals surface area contributed by atoms with Crippen molar-refractivity contribution in [3.8, 4) is 23.0 Å². The lowest BCUT2D eigenvalue weighted by atomic mass is 9.92. The van der Waals surface area contributed by atoms with Gasteiger partial charge in [-0.25, -0.2) is 0 Å². The number of aliphatic hydroxyl groups excluding tert-OH is 9. The molecule has 0 bridgehead atoms. The van der Waals surface area contributed by atoms with Crippen LogP contribution in [0.25, 0.3) is 0 Å². The smallest absolute Gasteiger partial charge is 0.203 e. The predicted molar refractivity (Wildman–Crippen MR) is 168 cm³/mol. The van der Waals surface area contributed by atoms with Crippen LogP contribution in [0.4, 0.5) is 0 Å². The van der Waals surface area contributed by atoms with Gasteiger partial charge in [0.05, 0.1) is 19.3 Å². The van der Waals surface area contributed by atoms with Crippen LogP contribution in [-0.4, -0.2) is 178 Å². The lowest BCUT2D eigenvalue weighted by molar-refractivity contribution is -0.375. The zero-order valence-corrected chi connectivity index (χ0v) is 27.8. The number of rotatable bonds is 9. The lowest BCUT2D eigenvalue weighted by Crippen LogP contribution is -2.65. The molecule has 12 N–H and O–H groups in total. The number of ketones is 1. The number of hydrogen-bond acceptors (Lipinski definition) is 20. The number of ether oxygens (including phenoxy) is 7. The Kier molecular flexibility index (Phi) is 11.8. The van der Waals surface area contributed by atoms with E-state index in [1.165, 1.54) is 31.2 Å². The second-order valence-electron chi connectivity index (χ2n) is 13.2. The fourth-order valence-corrected chi connectivity index (χ4v) is 6.56. The van der Waals surface area contributed by atoms with Crippen LogP contribution < -0.4 is 4.74 Å². The fourth-order valence-electron chi connectivity index (χ4n) is 6.56. The fraction of sp³-hybridized carbons (Fsp3) is 0.606. The van der Waals surface area contributed by atoms with Crippen molar-refractivity contribution in [2.75, 3.05) is 13.2 Å². The number of benzene rings is 2. The quantitative estimate of drug-likeness (QED) is 0.116. The van der Waals surface area contributed by atoms with Crippen LogP contribution in [0, 0.1) is 0 Å². The van der Waals surface area contributed by atoms with E-state index in [1.54, 1.807) is 0 Å². The number of phenolic OH excluding ortho intramolecular Hbond substituents is 3. The maximum Gasteiger partial charge on any atom is 0.203 e. The number of fused-ring (bicyclic) bond motifs is 1. The highest BCUT2D eigenvalue weighted by Gasteiger charge is 2.54. The number of phenols is 3. The Balaban J connectivity index is 1.33. The summed E-state index contributed by atoms with van der Waals surface area (Å²) in [5, 5.41) is 125. The molecule has 4 heterocycles. The van der Waals surface area contributed by atoms with Gasteiger partial charge in [-0.3, -0.25) is 4.79 Å². The molecule has 4 aliphatic rings. The van der Waals surface area contributed by atoms with Gasteiger partial charge in [0.1, 0.15) is 95.7 Å². The first-order valence-corrected chi connectivity index (χ1v) is 16.6. The van der Waals surface area contributed by atoms with Crippen molar-refractivity contribution in [2.45, 2.75) is 111 Å². The molecule has 20 nitrogen and oxygen atoms in total. The number of hydrogen-bond donors (Lipinski definition) is 12. The number of carbonyl (C=O) groups is 1. The Labute approximate surface area is 300 Å². The average molecular weight is 759 g/mol. The molecule has 2 unspecified atom stereocenters. The molecule has 6 rings (SSSR count). The Bertz CT molecular complexity index is 1570. The Morgan fingerprint density at radius 1 is 0.660 bits per heavy atom. The van der Waals surface area contributed by atoms with E-state index in [9.17, 15) is 66.1 Å². The van der Waals surface area contributed by atoms with Crippen molar-refractivity contribution >= 4 is 5.78 Å². The summed E-state index contributed by atoms with van der Waals surface area (Å²) in [5.41, 5.74) is -0.181. The van der Waals surface area contributed by atoms with Crippen LogP contribution in [0.2, 0.25) is 0 Å². The van der Waals surface area contributed by atoms with Crippen LogP contribution in [0.1, 0.15) is 28.9 Å². The summed E-state index contributed by atoms with van der Waals surface area (Å²) in [6.07, 6.45) is -29.0. The third-order valence-corrected chi connectivity index (χ3v) is 9.62. The SMILES string of the molecule is C[C@@H]1O[C@H](OC[C@H]2O[C@@H](OC3C(=O)c4c(O)cc(O)cc4OC3c3ccc(O)cc3)[C@H](O[C@@H]3O[C@H](CO)[C@@H](O)[C@@H](O)[C@@H]3O)[C@@H](O)[C@@H]2O)[C@H](O)[C@H](O)[C@H]1O. The zero-order chi connectivity index (χ0) is 38.5. The van der Waals surface area contributed by atoms with Gasteiger partial charge in [0.15, 0.2) is 31.1 Å². The Morgan fingerprint density at radius 2 is 1.28 bits per heavy atom. The molecule has 0 spiro atoms. The second kappa shape index (κ2) is 15.8. The van der Waals surface area contributed by atoms with Crippen molar-refractivity contribution in [3.63, 3.8) is 0 Å². The van der Waals surface area contributed by atoms with Crippen molar-refractivity contribution in [1.29, 1.82) is 0 Å². The third-order valence-electron chi connectivity index (χ3n) is 9.62.